The quantitative estimate of drug-likeness (QED) is 0.371. The zero-order valence-electron chi connectivity index (χ0n) is 9.24. The zero-order valence-corrected chi connectivity index (χ0v) is 10.00. The third kappa shape index (κ3) is 3.66. The van der Waals surface area contributed by atoms with Gasteiger partial charge in [-0.2, -0.15) is 0 Å². The van der Waals surface area contributed by atoms with Gasteiger partial charge in [0.2, 0.25) is 0 Å². The van der Waals surface area contributed by atoms with E-state index < -0.39 is 0 Å². The lowest BCUT2D eigenvalue weighted by Crippen LogP contribution is -2.12. The van der Waals surface area contributed by atoms with Crippen LogP contribution < -0.4 is 5.73 Å². The second kappa shape index (κ2) is 6.28. The molecule has 1 aromatic rings. The third-order valence-electron chi connectivity index (χ3n) is 2.08. The number of nitrogens with two attached hydrogens (primary N) is 1. The Kier molecular flexibility index (Phi) is 4.99. The molecule has 0 saturated heterocycles. The van der Waals surface area contributed by atoms with Crippen molar-refractivity contribution in [3.8, 4) is 0 Å². The second-order valence-electron chi connectivity index (χ2n) is 3.46. The molecule has 2 N–H and O–H groups in total. The zero-order chi connectivity index (χ0) is 12.0. The molecule has 0 amide bonds. The highest BCUT2D eigenvalue weighted by Gasteiger charge is 2.03. The summed E-state index contributed by atoms with van der Waals surface area (Å²) in [4.78, 5) is 15.6. The number of benzene rings is 1. The van der Waals surface area contributed by atoms with Gasteiger partial charge in [0.05, 0.1) is 11.6 Å². The summed E-state index contributed by atoms with van der Waals surface area (Å²) in [5, 5.41) is 0. The molecule has 0 bridgehead atoms. The van der Waals surface area contributed by atoms with E-state index in [-0.39, 0.29) is 11.7 Å². The van der Waals surface area contributed by atoms with Crippen LogP contribution in [0.1, 0.15) is 30.1 Å². The van der Waals surface area contributed by atoms with Gasteiger partial charge in [-0.25, -0.2) is 4.99 Å². The normalized spacial score (nSPS) is 11.5. The molecular formula is C12H15ClN2O. The third-order valence-corrected chi connectivity index (χ3v) is 2.35. The minimum absolute atomic E-state index is 0.156. The van der Waals surface area contributed by atoms with Gasteiger partial charge in [0, 0.05) is 12.0 Å². The average molecular weight is 239 g/mol. The molecule has 0 heterocycles. The summed E-state index contributed by atoms with van der Waals surface area (Å²) < 4.78 is 0. The van der Waals surface area contributed by atoms with Gasteiger partial charge in [-0.3, -0.25) is 4.79 Å². The topological polar surface area (TPSA) is 55.5 Å². The lowest BCUT2D eigenvalue weighted by molar-refractivity contribution is 0.0982. The monoisotopic (exact) mass is 238 g/mol. The van der Waals surface area contributed by atoms with Gasteiger partial charge >= 0.3 is 0 Å². The molecule has 0 spiro atoms. The number of aliphatic imine (C=N–C) groups is 1. The van der Waals surface area contributed by atoms with Crippen LogP contribution in [0.25, 0.3) is 0 Å². The fourth-order valence-corrected chi connectivity index (χ4v) is 1.35. The van der Waals surface area contributed by atoms with Crippen molar-refractivity contribution in [2.75, 3.05) is 5.88 Å². The largest absolute Gasteiger partial charge is 0.386 e. The Morgan fingerprint density at radius 2 is 2.00 bits per heavy atom. The van der Waals surface area contributed by atoms with Crippen LogP contribution in [0.2, 0.25) is 0 Å². The van der Waals surface area contributed by atoms with E-state index in [9.17, 15) is 4.79 Å². The van der Waals surface area contributed by atoms with Crippen LogP contribution in [-0.2, 0) is 0 Å². The van der Waals surface area contributed by atoms with Crippen molar-refractivity contribution in [2.24, 2.45) is 10.7 Å². The van der Waals surface area contributed by atoms with Gasteiger partial charge in [-0.1, -0.05) is 6.92 Å². The van der Waals surface area contributed by atoms with E-state index in [0.29, 0.717) is 23.5 Å². The van der Waals surface area contributed by atoms with E-state index >= 15 is 0 Å². The maximum Gasteiger partial charge on any atom is 0.162 e. The summed E-state index contributed by atoms with van der Waals surface area (Å²) in [7, 11) is 0. The van der Waals surface area contributed by atoms with E-state index in [1.54, 1.807) is 24.3 Å². The number of rotatable bonds is 5. The fourth-order valence-electron chi connectivity index (χ4n) is 1.29. The first-order valence-electron chi connectivity index (χ1n) is 5.19. The smallest absolute Gasteiger partial charge is 0.162 e. The molecule has 0 atom stereocenters. The minimum atomic E-state index is 0.156. The van der Waals surface area contributed by atoms with Gasteiger partial charge in [0.15, 0.2) is 5.78 Å². The predicted octanol–water partition coefficient (Wildman–Crippen LogP) is 2.90. The van der Waals surface area contributed by atoms with Gasteiger partial charge in [-0.05, 0) is 30.7 Å². The standard InChI is InChI=1S/C12H15ClN2O/c1-2-3-11(16)9-4-6-10(7-5-9)15-12(14)8-13/h4-7H,2-3,8H2,1H3,(H2,14,15). The van der Waals surface area contributed by atoms with Crippen LogP contribution in [0.15, 0.2) is 29.3 Å². The first-order valence-corrected chi connectivity index (χ1v) is 5.73. The highest BCUT2D eigenvalue weighted by Crippen LogP contribution is 2.14. The molecule has 3 nitrogen and oxygen atoms in total. The van der Waals surface area contributed by atoms with Crippen LogP contribution in [0.4, 0.5) is 5.69 Å². The molecule has 0 aromatic heterocycles. The van der Waals surface area contributed by atoms with Crippen molar-refractivity contribution in [3.63, 3.8) is 0 Å². The van der Waals surface area contributed by atoms with Gasteiger partial charge in [0.1, 0.15) is 5.84 Å². The Morgan fingerprint density at radius 3 is 2.50 bits per heavy atom. The maximum atomic E-state index is 11.6. The van der Waals surface area contributed by atoms with E-state index in [4.69, 9.17) is 17.3 Å². The van der Waals surface area contributed by atoms with Crippen LogP contribution in [0.3, 0.4) is 0 Å². The number of amidine groups is 1. The lowest BCUT2D eigenvalue weighted by Gasteiger charge is -2.00. The van der Waals surface area contributed by atoms with E-state index in [1.807, 2.05) is 6.92 Å². The second-order valence-corrected chi connectivity index (χ2v) is 3.72. The van der Waals surface area contributed by atoms with Crippen molar-refractivity contribution in [1.29, 1.82) is 0 Å². The van der Waals surface area contributed by atoms with Gasteiger partial charge in [0.25, 0.3) is 0 Å². The van der Waals surface area contributed by atoms with Crippen molar-refractivity contribution in [3.05, 3.63) is 29.8 Å². The number of hydrogen-bond acceptors (Lipinski definition) is 2. The number of halogens is 1. The molecule has 0 aliphatic carbocycles. The minimum Gasteiger partial charge on any atom is -0.386 e. The van der Waals surface area contributed by atoms with Gasteiger partial charge < -0.3 is 5.73 Å². The number of Topliss-reactive ketones (excluding diaryl/α,β-unsaturated/α-hetero) is 1. The lowest BCUT2D eigenvalue weighted by atomic mass is 10.1. The average Bonchev–Trinajstić information content (AvgIpc) is 2.30. The van der Waals surface area contributed by atoms with Crippen LogP contribution in [-0.4, -0.2) is 17.5 Å². The molecule has 0 saturated carbocycles. The Balaban J connectivity index is 2.79. The Morgan fingerprint density at radius 1 is 1.38 bits per heavy atom. The molecule has 0 aliphatic rings. The Bertz CT molecular complexity index is 385. The molecule has 86 valence electrons. The fraction of sp³-hybridized carbons (Fsp3) is 0.333. The highest BCUT2D eigenvalue weighted by molar-refractivity contribution is 6.28. The summed E-state index contributed by atoms with van der Waals surface area (Å²) >= 11 is 5.51. The molecule has 1 aromatic carbocycles. The summed E-state index contributed by atoms with van der Waals surface area (Å²) in [6.07, 6.45) is 1.43. The summed E-state index contributed by atoms with van der Waals surface area (Å²) in [5.41, 5.74) is 6.93. The van der Waals surface area contributed by atoms with Crippen LogP contribution in [0.5, 0.6) is 0 Å². The first kappa shape index (κ1) is 12.7. The molecular weight excluding hydrogens is 224 g/mol. The van der Waals surface area contributed by atoms with Crippen molar-refractivity contribution >= 4 is 28.9 Å². The number of carbonyl (C=O) groups is 1. The molecule has 4 heteroatoms. The first-order chi connectivity index (χ1) is 7.67. The van der Waals surface area contributed by atoms with Gasteiger partial charge in [-0.15, -0.1) is 11.6 Å². The number of carbonyl (C=O) groups excluding carboxylic acids is 1. The molecule has 0 fully saturated rings. The van der Waals surface area contributed by atoms with Crippen LogP contribution >= 0.6 is 11.6 Å². The Hall–Kier alpha value is -1.35. The van der Waals surface area contributed by atoms with Crippen molar-refractivity contribution in [2.45, 2.75) is 19.8 Å². The number of alkyl halides is 1. The van der Waals surface area contributed by atoms with Crippen LogP contribution in [0, 0.1) is 0 Å². The van der Waals surface area contributed by atoms with E-state index in [1.165, 1.54) is 0 Å². The maximum absolute atomic E-state index is 11.6. The molecule has 0 radical (unpaired) electrons. The number of ketones is 1. The molecule has 16 heavy (non-hydrogen) atoms. The Labute approximate surface area is 100 Å². The number of hydrogen-bond donors (Lipinski definition) is 1. The summed E-state index contributed by atoms with van der Waals surface area (Å²) in [5.74, 6) is 0.730. The highest BCUT2D eigenvalue weighted by atomic mass is 35.5. The SMILES string of the molecule is CCCC(=O)c1ccc(N=C(N)CCl)cc1. The number of nitrogens with zero attached hydrogens (tertiary/aromatic N) is 1. The molecule has 0 aliphatic heterocycles. The van der Waals surface area contributed by atoms with Crippen molar-refractivity contribution in [1.82, 2.24) is 0 Å². The molecule has 1 rings (SSSR count). The van der Waals surface area contributed by atoms with E-state index in [2.05, 4.69) is 4.99 Å². The van der Waals surface area contributed by atoms with E-state index in [0.717, 1.165) is 6.42 Å². The molecule has 0 unspecified atom stereocenters. The summed E-state index contributed by atoms with van der Waals surface area (Å²) in [6.45, 7) is 1.98. The summed E-state index contributed by atoms with van der Waals surface area (Å²) in [6, 6.07) is 7.06. The van der Waals surface area contributed by atoms with Crippen molar-refractivity contribution < 1.29 is 4.79 Å². The predicted molar refractivity (Wildman–Crippen MR) is 67.7 cm³/mol.